The van der Waals surface area contributed by atoms with Crippen LogP contribution in [0.5, 0.6) is 0 Å². The maximum absolute atomic E-state index is 11.7. The van der Waals surface area contributed by atoms with Crippen LogP contribution in [-0.2, 0) is 16.0 Å². The predicted molar refractivity (Wildman–Crippen MR) is 87.2 cm³/mol. The van der Waals surface area contributed by atoms with Crippen molar-refractivity contribution < 1.29 is 14.3 Å². The number of nitrogen functional groups attached to an aromatic ring is 1. The van der Waals surface area contributed by atoms with Crippen LogP contribution < -0.4 is 5.73 Å². The molecule has 1 saturated heterocycles. The fourth-order valence-electron chi connectivity index (χ4n) is 2.72. The van der Waals surface area contributed by atoms with Crippen LogP contribution in [0.3, 0.4) is 0 Å². The Morgan fingerprint density at radius 3 is 2.45 bits per heavy atom. The molecule has 1 aromatic rings. The van der Waals surface area contributed by atoms with Gasteiger partial charge in [-0.1, -0.05) is 0 Å². The van der Waals surface area contributed by atoms with Crippen molar-refractivity contribution in [3.05, 3.63) is 16.0 Å². The van der Waals surface area contributed by atoms with Gasteiger partial charge in [-0.2, -0.15) is 0 Å². The fraction of sp³-hybridized carbons (Fsp3) is 0.600. The third-order valence-corrected chi connectivity index (χ3v) is 5.32. The summed E-state index contributed by atoms with van der Waals surface area (Å²) in [6.07, 6.45) is 0.859. The minimum atomic E-state index is -0.368. The zero-order valence-corrected chi connectivity index (χ0v) is 14.2. The lowest BCUT2D eigenvalue weighted by molar-refractivity contribution is -0.130. The molecule has 0 aliphatic carbocycles. The Morgan fingerprint density at radius 1 is 1.27 bits per heavy atom. The maximum atomic E-state index is 11.7. The summed E-state index contributed by atoms with van der Waals surface area (Å²) in [5.74, 6) is -0.225. The molecule has 7 heteroatoms. The highest BCUT2D eigenvalue weighted by molar-refractivity contribution is 7.16. The summed E-state index contributed by atoms with van der Waals surface area (Å²) in [6, 6.07) is 0. The summed E-state index contributed by atoms with van der Waals surface area (Å²) in [6.45, 7) is 7.80. The first-order valence-electron chi connectivity index (χ1n) is 7.38. The van der Waals surface area contributed by atoms with Gasteiger partial charge in [0.25, 0.3) is 0 Å². The van der Waals surface area contributed by atoms with E-state index in [0.717, 1.165) is 49.6 Å². The van der Waals surface area contributed by atoms with Crippen LogP contribution in [0.4, 0.5) is 5.00 Å². The molecule has 6 nitrogen and oxygen atoms in total. The van der Waals surface area contributed by atoms with E-state index in [1.807, 2.05) is 11.8 Å². The number of amides is 1. The first-order valence-corrected chi connectivity index (χ1v) is 8.19. The van der Waals surface area contributed by atoms with Crippen LogP contribution in [0.1, 0.15) is 27.7 Å². The molecule has 0 unspecified atom stereocenters. The maximum Gasteiger partial charge on any atom is 0.341 e. The van der Waals surface area contributed by atoms with Crippen molar-refractivity contribution in [2.75, 3.05) is 45.6 Å². The summed E-state index contributed by atoms with van der Waals surface area (Å²) >= 11 is 1.46. The molecule has 0 radical (unpaired) electrons. The molecule has 1 aliphatic heterocycles. The molecular formula is C15H23N3O3S. The second-order valence-electron chi connectivity index (χ2n) is 5.48. The second-order valence-corrected chi connectivity index (χ2v) is 6.62. The van der Waals surface area contributed by atoms with Crippen molar-refractivity contribution in [3.8, 4) is 0 Å². The molecule has 1 aliphatic rings. The number of hydrogen-bond donors (Lipinski definition) is 1. The average molecular weight is 325 g/mol. The SMILES string of the molecule is COC(=O)c1c(N)sc(CCN2CCN(C(C)=O)CC2)c1C. The third-order valence-electron chi connectivity index (χ3n) is 4.14. The number of rotatable bonds is 4. The van der Waals surface area contributed by atoms with E-state index in [0.29, 0.717) is 10.6 Å². The molecule has 1 aromatic heterocycles. The number of carbonyl (C=O) groups is 2. The zero-order valence-electron chi connectivity index (χ0n) is 13.3. The number of anilines is 1. The Bertz CT molecular complexity index is 563. The van der Waals surface area contributed by atoms with Gasteiger partial charge in [0.1, 0.15) is 5.00 Å². The number of methoxy groups -OCH3 is 1. The van der Waals surface area contributed by atoms with E-state index < -0.39 is 0 Å². The summed E-state index contributed by atoms with van der Waals surface area (Å²) in [5, 5.41) is 0.528. The lowest BCUT2D eigenvalue weighted by Gasteiger charge is -2.34. The van der Waals surface area contributed by atoms with Crippen molar-refractivity contribution in [2.45, 2.75) is 20.3 Å². The average Bonchev–Trinajstić information content (AvgIpc) is 2.79. The van der Waals surface area contributed by atoms with Gasteiger partial charge in [-0.25, -0.2) is 4.79 Å². The molecule has 22 heavy (non-hydrogen) atoms. The van der Waals surface area contributed by atoms with Gasteiger partial charge in [-0.3, -0.25) is 9.69 Å². The summed E-state index contributed by atoms with van der Waals surface area (Å²) in [7, 11) is 1.37. The first-order chi connectivity index (χ1) is 10.4. The van der Waals surface area contributed by atoms with Gasteiger partial charge >= 0.3 is 5.97 Å². The van der Waals surface area contributed by atoms with E-state index in [9.17, 15) is 9.59 Å². The molecule has 122 valence electrons. The highest BCUT2D eigenvalue weighted by Gasteiger charge is 2.22. The number of thiophene rings is 1. The third kappa shape index (κ3) is 3.59. The molecule has 1 amide bonds. The molecule has 0 atom stereocenters. The number of esters is 1. The lowest BCUT2D eigenvalue weighted by atomic mass is 10.1. The van der Waals surface area contributed by atoms with Crippen molar-refractivity contribution in [1.29, 1.82) is 0 Å². The Kier molecular flexibility index (Phi) is 5.42. The van der Waals surface area contributed by atoms with E-state index in [2.05, 4.69) is 4.90 Å². The molecule has 0 aromatic carbocycles. The quantitative estimate of drug-likeness (QED) is 0.840. The van der Waals surface area contributed by atoms with Crippen LogP contribution in [0.15, 0.2) is 0 Å². The topological polar surface area (TPSA) is 75.9 Å². The van der Waals surface area contributed by atoms with Gasteiger partial charge in [0, 0.05) is 44.5 Å². The Hall–Kier alpha value is -1.60. The van der Waals surface area contributed by atoms with Gasteiger partial charge in [-0.05, 0) is 18.9 Å². The molecule has 2 heterocycles. The van der Waals surface area contributed by atoms with Crippen molar-refractivity contribution in [2.24, 2.45) is 0 Å². The van der Waals surface area contributed by atoms with Crippen LogP contribution >= 0.6 is 11.3 Å². The Morgan fingerprint density at radius 2 is 1.91 bits per heavy atom. The fourth-order valence-corrected chi connectivity index (χ4v) is 3.78. The van der Waals surface area contributed by atoms with Gasteiger partial charge in [-0.15, -0.1) is 11.3 Å². The summed E-state index contributed by atoms with van der Waals surface area (Å²) in [4.78, 5) is 28.4. The van der Waals surface area contributed by atoms with Gasteiger partial charge in [0.15, 0.2) is 0 Å². The van der Waals surface area contributed by atoms with E-state index in [1.54, 1.807) is 6.92 Å². The van der Waals surface area contributed by atoms with Gasteiger partial charge < -0.3 is 15.4 Å². The number of piperazine rings is 1. The minimum Gasteiger partial charge on any atom is -0.465 e. The Labute approximate surface area is 134 Å². The normalized spacial score (nSPS) is 15.9. The van der Waals surface area contributed by atoms with E-state index in [-0.39, 0.29) is 11.9 Å². The van der Waals surface area contributed by atoms with Crippen molar-refractivity contribution >= 4 is 28.2 Å². The van der Waals surface area contributed by atoms with Crippen LogP contribution in [0, 0.1) is 6.92 Å². The smallest absolute Gasteiger partial charge is 0.341 e. The summed E-state index contributed by atoms with van der Waals surface area (Å²) < 4.78 is 4.78. The Balaban J connectivity index is 1.93. The molecule has 0 spiro atoms. The molecule has 2 N–H and O–H groups in total. The summed E-state index contributed by atoms with van der Waals surface area (Å²) in [5.41, 5.74) is 7.37. The van der Waals surface area contributed by atoms with Crippen molar-refractivity contribution in [1.82, 2.24) is 9.80 Å². The van der Waals surface area contributed by atoms with E-state index in [4.69, 9.17) is 10.5 Å². The monoisotopic (exact) mass is 325 g/mol. The molecule has 0 bridgehead atoms. The van der Waals surface area contributed by atoms with E-state index in [1.165, 1.54) is 18.4 Å². The van der Waals surface area contributed by atoms with Crippen LogP contribution in [0.2, 0.25) is 0 Å². The van der Waals surface area contributed by atoms with Gasteiger partial charge in [0.2, 0.25) is 5.91 Å². The number of ether oxygens (including phenoxy) is 1. The number of carbonyl (C=O) groups excluding carboxylic acids is 2. The number of nitrogens with two attached hydrogens (primary N) is 1. The lowest BCUT2D eigenvalue weighted by Crippen LogP contribution is -2.48. The van der Waals surface area contributed by atoms with Gasteiger partial charge in [0.05, 0.1) is 12.7 Å². The minimum absolute atomic E-state index is 0.143. The number of nitrogens with zero attached hydrogens (tertiary/aromatic N) is 2. The highest BCUT2D eigenvalue weighted by Crippen LogP contribution is 2.31. The molecular weight excluding hydrogens is 302 g/mol. The zero-order chi connectivity index (χ0) is 16.3. The highest BCUT2D eigenvalue weighted by atomic mass is 32.1. The van der Waals surface area contributed by atoms with Crippen LogP contribution in [0.25, 0.3) is 0 Å². The second kappa shape index (κ2) is 7.11. The molecule has 0 saturated carbocycles. The standard InChI is InChI=1S/C15H23N3O3S/c1-10-12(22-14(16)13(10)15(20)21-3)4-5-17-6-8-18(9-7-17)11(2)19/h4-9,16H2,1-3H3. The van der Waals surface area contributed by atoms with Crippen LogP contribution in [-0.4, -0.2) is 61.5 Å². The van der Waals surface area contributed by atoms with E-state index >= 15 is 0 Å². The number of hydrogen-bond acceptors (Lipinski definition) is 6. The largest absolute Gasteiger partial charge is 0.465 e. The predicted octanol–water partition coefficient (Wildman–Crippen LogP) is 1.13. The molecule has 1 fully saturated rings. The first kappa shape index (κ1) is 16.8. The van der Waals surface area contributed by atoms with Crippen molar-refractivity contribution in [3.63, 3.8) is 0 Å². The molecule has 2 rings (SSSR count).